The molecule has 0 radical (unpaired) electrons. The van der Waals surface area contributed by atoms with E-state index in [1.807, 2.05) is 34.3 Å². The summed E-state index contributed by atoms with van der Waals surface area (Å²) in [4.78, 5) is 19.2. The van der Waals surface area contributed by atoms with Gasteiger partial charge in [-0.2, -0.15) is 0 Å². The number of carbonyl (C=O) groups is 1. The number of aromatic nitrogens is 2. The minimum atomic E-state index is 0.0189. The van der Waals surface area contributed by atoms with E-state index >= 15 is 0 Å². The van der Waals surface area contributed by atoms with E-state index in [0.717, 1.165) is 10.7 Å². The molecule has 0 N–H and O–H groups in total. The number of hydrogen-bond donors (Lipinski definition) is 0. The van der Waals surface area contributed by atoms with Gasteiger partial charge in [0.25, 0.3) is 0 Å². The van der Waals surface area contributed by atoms with Crippen LogP contribution in [0.25, 0.3) is 4.96 Å². The van der Waals surface area contributed by atoms with E-state index in [4.69, 9.17) is 16.3 Å². The first-order valence-corrected chi connectivity index (χ1v) is 8.41. The zero-order valence-corrected chi connectivity index (χ0v) is 14.2. The molecule has 0 aliphatic rings. The molecule has 3 rings (SSSR count). The molecule has 7 heteroatoms. The highest BCUT2D eigenvalue weighted by molar-refractivity contribution is 7.15. The van der Waals surface area contributed by atoms with Crippen LogP contribution in [0.1, 0.15) is 5.69 Å². The van der Waals surface area contributed by atoms with Crippen LogP contribution < -0.4 is 4.74 Å². The van der Waals surface area contributed by atoms with E-state index in [1.165, 1.54) is 0 Å². The van der Waals surface area contributed by atoms with Crippen LogP contribution in [0, 0.1) is 0 Å². The molecule has 1 amide bonds. The summed E-state index contributed by atoms with van der Waals surface area (Å²) >= 11 is 7.45. The molecule has 0 aliphatic carbocycles. The smallest absolute Gasteiger partial charge is 0.228 e. The Bertz CT molecular complexity index is 786. The molecular formula is C16H16ClN3O2S. The molecular weight excluding hydrogens is 334 g/mol. The Kier molecular flexibility index (Phi) is 4.83. The maximum atomic E-state index is 12.2. The van der Waals surface area contributed by atoms with E-state index in [9.17, 15) is 4.79 Å². The van der Waals surface area contributed by atoms with Crippen molar-refractivity contribution in [3.63, 3.8) is 0 Å². The fourth-order valence-corrected chi connectivity index (χ4v) is 3.03. The number of rotatable bonds is 6. The number of likely N-dealkylation sites (N-methyl/N-ethyl adjacent to an activating group) is 1. The molecule has 0 unspecified atom stereocenters. The van der Waals surface area contributed by atoms with Crippen LogP contribution in [-0.4, -0.2) is 40.4 Å². The van der Waals surface area contributed by atoms with E-state index < -0.39 is 0 Å². The number of carbonyl (C=O) groups excluding carboxylic acids is 1. The Hall–Kier alpha value is -2.05. The van der Waals surface area contributed by atoms with Gasteiger partial charge in [-0.3, -0.25) is 9.20 Å². The fourth-order valence-electron chi connectivity index (χ4n) is 2.13. The van der Waals surface area contributed by atoms with Gasteiger partial charge in [-0.25, -0.2) is 4.98 Å². The van der Waals surface area contributed by atoms with Crippen LogP contribution in [-0.2, 0) is 11.2 Å². The highest BCUT2D eigenvalue weighted by Gasteiger charge is 2.12. The Morgan fingerprint density at radius 3 is 3.13 bits per heavy atom. The molecule has 0 atom stereocenters. The fraction of sp³-hybridized carbons (Fsp3) is 0.250. The van der Waals surface area contributed by atoms with Gasteiger partial charge in [0.15, 0.2) is 4.96 Å². The number of nitrogens with zero attached hydrogens (tertiary/aromatic N) is 3. The minimum absolute atomic E-state index is 0.0189. The molecule has 0 saturated heterocycles. The average Bonchev–Trinajstić information content (AvgIpc) is 3.08. The van der Waals surface area contributed by atoms with Crippen molar-refractivity contribution < 1.29 is 9.53 Å². The van der Waals surface area contributed by atoms with Crippen LogP contribution >= 0.6 is 22.9 Å². The second-order valence-corrected chi connectivity index (χ2v) is 6.43. The maximum absolute atomic E-state index is 12.2. The summed E-state index contributed by atoms with van der Waals surface area (Å²) in [7, 11) is 1.77. The topological polar surface area (TPSA) is 46.8 Å². The summed E-state index contributed by atoms with van der Waals surface area (Å²) in [5.74, 6) is 0.720. The monoisotopic (exact) mass is 349 g/mol. The molecule has 5 nitrogen and oxygen atoms in total. The first-order valence-electron chi connectivity index (χ1n) is 7.15. The lowest BCUT2D eigenvalue weighted by atomic mass is 10.3. The summed E-state index contributed by atoms with van der Waals surface area (Å²) in [6.45, 7) is 0.925. The summed E-state index contributed by atoms with van der Waals surface area (Å²) in [5.41, 5.74) is 0.782. The molecule has 0 aliphatic heterocycles. The number of amides is 1. The minimum Gasteiger partial charge on any atom is -0.492 e. The lowest BCUT2D eigenvalue weighted by Crippen LogP contribution is -2.32. The van der Waals surface area contributed by atoms with Crippen molar-refractivity contribution in [2.45, 2.75) is 6.42 Å². The van der Waals surface area contributed by atoms with Gasteiger partial charge >= 0.3 is 0 Å². The predicted molar refractivity (Wildman–Crippen MR) is 91.4 cm³/mol. The van der Waals surface area contributed by atoms with Crippen molar-refractivity contribution in [2.75, 3.05) is 20.2 Å². The van der Waals surface area contributed by atoms with Gasteiger partial charge in [0, 0.05) is 29.8 Å². The van der Waals surface area contributed by atoms with Gasteiger partial charge in [0.2, 0.25) is 5.91 Å². The third-order valence-corrected chi connectivity index (χ3v) is 4.40. The van der Waals surface area contributed by atoms with Crippen LogP contribution in [0.5, 0.6) is 5.75 Å². The molecule has 0 spiro atoms. The third kappa shape index (κ3) is 4.03. The lowest BCUT2D eigenvalue weighted by Gasteiger charge is -2.17. The quantitative estimate of drug-likeness (QED) is 0.687. The van der Waals surface area contributed by atoms with E-state index in [-0.39, 0.29) is 5.91 Å². The molecule has 0 fully saturated rings. The summed E-state index contributed by atoms with van der Waals surface area (Å²) in [5, 5.41) is 2.60. The molecule has 120 valence electrons. The standard InChI is InChI=1S/C16H16ClN3O2S/c1-19(5-7-22-14-4-2-3-12(17)9-14)15(21)10-13-11-20-6-8-23-16(20)18-13/h2-4,6,8-9,11H,5,7,10H2,1H3. The van der Waals surface area contributed by atoms with Crippen molar-refractivity contribution in [1.82, 2.24) is 14.3 Å². The first-order chi connectivity index (χ1) is 11.1. The third-order valence-electron chi connectivity index (χ3n) is 3.39. The summed E-state index contributed by atoms with van der Waals surface area (Å²) in [6, 6.07) is 7.21. The van der Waals surface area contributed by atoms with Gasteiger partial charge in [0.1, 0.15) is 12.4 Å². The number of fused-ring (bicyclic) bond motifs is 1. The van der Waals surface area contributed by atoms with Gasteiger partial charge in [-0.15, -0.1) is 11.3 Å². The number of halogens is 1. The normalized spacial score (nSPS) is 10.9. The molecule has 0 saturated carbocycles. The van der Waals surface area contributed by atoms with Gasteiger partial charge < -0.3 is 9.64 Å². The second kappa shape index (κ2) is 7.02. The Balaban J connectivity index is 1.48. The van der Waals surface area contributed by atoms with Crippen molar-refractivity contribution in [2.24, 2.45) is 0 Å². The van der Waals surface area contributed by atoms with E-state index in [1.54, 1.807) is 35.4 Å². The Morgan fingerprint density at radius 2 is 2.35 bits per heavy atom. The number of benzene rings is 1. The van der Waals surface area contributed by atoms with Gasteiger partial charge in [0.05, 0.1) is 18.7 Å². The largest absolute Gasteiger partial charge is 0.492 e. The van der Waals surface area contributed by atoms with Gasteiger partial charge in [-0.05, 0) is 18.2 Å². The first kappa shape index (κ1) is 15.8. The predicted octanol–water partition coefficient (Wildman–Crippen LogP) is 3.13. The number of imidazole rings is 1. The van der Waals surface area contributed by atoms with Crippen molar-refractivity contribution in [1.29, 1.82) is 0 Å². The molecule has 2 heterocycles. The number of hydrogen-bond acceptors (Lipinski definition) is 4. The van der Waals surface area contributed by atoms with Crippen molar-refractivity contribution >= 4 is 33.8 Å². The summed E-state index contributed by atoms with van der Waals surface area (Å²) < 4.78 is 7.52. The zero-order chi connectivity index (χ0) is 16.2. The second-order valence-electron chi connectivity index (χ2n) is 5.12. The SMILES string of the molecule is CN(CCOc1cccc(Cl)c1)C(=O)Cc1cn2ccsc2n1. The van der Waals surface area contributed by atoms with Crippen LogP contribution in [0.15, 0.2) is 42.0 Å². The van der Waals surface area contributed by atoms with Crippen LogP contribution in [0.3, 0.4) is 0 Å². The van der Waals surface area contributed by atoms with Crippen molar-refractivity contribution in [3.05, 3.63) is 52.8 Å². The van der Waals surface area contributed by atoms with Gasteiger partial charge in [-0.1, -0.05) is 17.7 Å². The average molecular weight is 350 g/mol. The molecule has 1 aromatic carbocycles. The Morgan fingerprint density at radius 1 is 1.48 bits per heavy atom. The number of thiazole rings is 1. The molecule has 0 bridgehead atoms. The molecule has 2 aromatic heterocycles. The zero-order valence-electron chi connectivity index (χ0n) is 12.6. The van der Waals surface area contributed by atoms with Crippen LogP contribution in [0.4, 0.5) is 0 Å². The maximum Gasteiger partial charge on any atom is 0.228 e. The summed E-state index contributed by atoms with van der Waals surface area (Å²) in [6.07, 6.45) is 4.12. The number of ether oxygens (including phenoxy) is 1. The Labute approximate surface area is 143 Å². The highest BCUT2D eigenvalue weighted by atomic mass is 35.5. The van der Waals surface area contributed by atoms with Crippen molar-refractivity contribution in [3.8, 4) is 5.75 Å². The van der Waals surface area contributed by atoms with Crippen LogP contribution in [0.2, 0.25) is 5.02 Å². The molecule has 3 aromatic rings. The van der Waals surface area contributed by atoms with E-state index in [0.29, 0.717) is 30.3 Å². The van der Waals surface area contributed by atoms with E-state index in [2.05, 4.69) is 4.98 Å². The lowest BCUT2D eigenvalue weighted by molar-refractivity contribution is -0.129. The molecule has 23 heavy (non-hydrogen) atoms. The highest BCUT2D eigenvalue weighted by Crippen LogP contribution is 2.17.